The maximum absolute atomic E-state index is 11.8. The summed E-state index contributed by atoms with van der Waals surface area (Å²) in [5.74, 6) is -1.88. The predicted molar refractivity (Wildman–Crippen MR) is 67.3 cm³/mol. The number of carbonyl (C=O) groups excluding carboxylic acids is 2. The molecule has 1 atom stereocenters. The van der Waals surface area contributed by atoms with Crippen molar-refractivity contribution in [2.45, 2.75) is 38.3 Å². The monoisotopic (exact) mass is 275 g/mol. The van der Waals surface area contributed by atoms with Gasteiger partial charge in [0.15, 0.2) is 0 Å². The summed E-state index contributed by atoms with van der Waals surface area (Å²) in [5, 5.41) is 20.4. The number of nitrogens with two attached hydrogens (primary N) is 1. The summed E-state index contributed by atoms with van der Waals surface area (Å²) in [5.41, 5.74) is 4.11. The maximum atomic E-state index is 11.8. The van der Waals surface area contributed by atoms with Crippen LogP contribution < -0.4 is 11.1 Å². The lowest BCUT2D eigenvalue weighted by Gasteiger charge is -2.34. The highest BCUT2D eigenvalue weighted by Gasteiger charge is 2.29. The average Bonchev–Trinajstić information content (AvgIpc) is 2.32. The Kier molecular flexibility index (Phi) is 6.26. The van der Waals surface area contributed by atoms with Gasteiger partial charge >= 0.3 is 12.0 Å². The number of amides is 3. The van der Waals surface area contributed by atoms with Gasteiger partial charge in [-0.1, -0.05) is 0 Å². The molecular weight excluding hydrogens is 254 g/mol. The summed E-state index contributed by atoms with van der Waals surface area (Å²) < 4.78 is 0. The standard InChI is InChI=1S/C11H21N3O5/c1-11(2,6-15)14(3)10(19)13-7(9(17)18)4-5-8(12)16/h7,15H,4-6H2,1-3H3,(H2,12,16)(H,13,19)(H,17,18)/t7-/m0/s1. The number of hydrogen-bond acceptors (Lipinski definition) is 4. The lowest BCUT2D eigenvalue weighted by Crippen LogP contribution is -2.55. The molecule has 0 saturated heterocycles. The van der Waals surface area contributed by atoms with Crippen molar-refractivity contribution in [1.82, 2.24) is 10.2 Å². The fourth-order valence-corrected chi connectivity index (χ4v) is 1.17. The van der Waals surface area contributed by atoms with Gasteiger partial charge in [-0.15, -0.1) is 0 Å². The number of aliphatic carboxylic acids is 1. The van der Waals surface area contributed by atoms with Crippen LogP contribution in [0.2, 0.25) is 0 Å². The minimum atomic E-state index is -1.25. The van der Waals surface area contributed by atoms with Crippen LogP contribution in [0.5, 0.6) is 0 Å². The summed E-state index contributed by atoms with van der Waals surface area (Å²) in [6, 6.07) is -1.84. The number of nitrogens with zero attached hydrogens (tertiary/aromatic N) is 1. The van der Waals surface area contributed by atoms with Crippen molar-refractivity contribution < 1.29 is 24.6 Å². The van der Waals surface area contributed by atoms with Gasteiger partial charge in [0.25, 0.3) is 0 Å². The number of aliphatic hydroxyl groups excluding tert-OH is 1. The molecule has 0 aliphatic carbocycles. The number of carboxylic acids is 1. The molecule has 0 aliphatic rings. The number of hydrogen-bond donors (Lipinski definition) is 4. The third kappa shape index (κ3) is 5.56. The maximum Gasteiger partial charge on any atom is 0.326 e. The molecule has 0 aromatic rings. The Morgan fingerprint density at radius 1 is 1.37 bits per heavy atom. The Hall–Kier alpha value is -1.83. The molecule has 0 saturated carbocycles. The second-order valence-electron chi connectivity index (χ2n) is 4.87. The summed E-state index contributed by atoms with van der Waals surface area (Å²) in [6.07, 6.45) is -0.214. The molecule has 0 heterocycles. The molecular formula is C11H21N3O5. The van der Waals surface area contributed by atoms with Crippen LogP contribution in [-0.2, 0) is 9.59 Å². The summed E-state index contributed by atoms with van der Waals surface area (Å²) in [7, 11) is 1.44. The second kappa shape index (κ2) is 6.93. The Labute approximate surface area is 111 Å². The third-order valence-corrected chi connectivity index (χ3v) is 2.87. The molecule has 5 N–H and O–H groups in total. The van der Waals surface area contributed by atoms with Crippen molar-refractivity contribution >= 4 is 17.9 Å². The number of urea groups is 1. The van der Waals surface area contributed by atoms with Crippen molar-refractivity contribution in [3.8, 4) is 0 Å². The molecule has 0 rings (SSSR count). The van der Waals surface area contributed by atoms with Gasteiger partial charge in [0.2, 0.25) is 5.91 Å². The number of carbonyl (C=O) groups is 3. The molecule has 0 unspecified atom stereocenters. The smallest absolute Gasteiger partial charge is 0.326 e. The molecule has 0 aromatic heterocycles. The van der Waals surface area contributed by atoms with Crippen LogP contribution in [-0.4, -0.2) is 58.3 Å². The summed E-state index contributed by atoms with van der Waals surface area (Å²) in [6.45, 7) is 2.99. The third-order valence-electron chi connectivity index (χ3n) is 2.87. The number of carboxylic acid groups (broad SMARTS) is 1. The van der Waals surface area contributed by atoms with Crippen LogP contribution in [0.25, 0.3) is 0 Å². The topological polar surface area (TPSA) is 133 Å². The summed E-state index contributed by atoms with van der Waals surface area (Å²) >= 11 is 0. The molecule has 8 nitrogen and oxygen atoms in total. The fraction of sp³-hybridized carbons (Fsp3) is 0.727. The van der Waals surface area contributed by atoms with Gasteiger partial charge in [-0.2, -0.15) is 0 Å². The van der Waals surface area contributed by atoms with Crippen molar-refractivity contribution in [3.63, 3.8) is 0 Å². The first-order valence-electron chi connectivity index (χ1n) is 5.78. The van der Waals surface area contributed by atoms with Crippen molar-refractivity contribution in [1.29, 1.82) is 0 Å². The largest absolute Gasteiger partial charge is 0.480 e. The Bertz CT molecular complexity index is 356. The molecule has 0 bridgehead atoms. The van der Waals surface area contributed by atoms with Gasteiger partial charge in [0.05, 0.1) is 12.1 Å². The predicted octanol–water partition coefficient (Wildman–Crippen LogP) is -0.883. The summed E-state index contributed by atoms with van der Waals surface area (Å²) in [4.78, 5) is 34.6. The van der Waals surface area contributed by atoms with Crippen LogP contribution in [0.1, 0.15) is 26.7 Å². The minimum absolute atomic E-state index is 0.0796. The average molecular weight is 275 g/mol. The second-order valence-corrected chi connectivity index (χ2v) is 4.87. The van der Waals surface area contributed by atoms with Crippen LogP contribution in [0.4, 0.5) is 4.79 Å². The van der Waals surface area contributed by atoms with E-state index in [1.54, 1.807) is 13.8 Å². The lowest BCUT2D eigenvalue weighted by molar-refractivity contribution is -0.139. The number of nitrogens with one attached hydrogen (secondary N) is 1. The van der Waals surface area contributed by atoms with E-state index < -0.39 is 29.5 Å². The number of likely N-dealkylation sites (N-methyl/N-ethyl adjacent to an activating group) is 1. The van der Waals surface area contributed by atoms with Crippen molar-refractivity contribution in [3.05, 3.63) is 0 Å². The van der Waals surface area contributed by atoms with Crippen LogP contribution >= 0.6 is 0 Å². The van der Waals surface area contributed by atoms with E-state index in [2.05, 4.69) is 5.32 Å². The fourth-order valence-electron chi connectivity index (χ4n) is 1.17. The van der Waals surface area contributed by atoms with Gasteiger partial charge in [-0.25, -0.2) is 9.59 Å². The van der Waals surface area contributed by atoms with E-state index in [0.717, 1.165) is 0 Å². The molecule has 0 aromatic carbocycles. The Balaban J connectivity index is 4.64. The van der Waals surface area contributed by atoms with E-state index in [9.17, 15) is 14.4 Å². The van der Waals surface area contributed by atoms with E-state index >= 15 is 0 Å². The van der Waals surface area contributed by atoms with Gasteiger partial charge in [-0.05, 0) is 20.3 Å². The minimum Gasteiger partial charge on any atom is -0.480 e. The molecule has 19 heavy (non-hydrogen) atoms. The highest BCUT2D eigenvalue weighted by atomic mass is 16.4. The van der Waals surface area contributed by atoms with Crippen LogP contribution in [0.3, 0.4) is 0 Å². The van der Waals surface area contributed by atoms with Crippen LogP contribution in [0, 0.1) is 0 Å². The first-order chi connectivity index (χ1) is 8.61. The van der Waals surface area contributed by atoms with E-state index in [0.29, 0.717) is 0 Å². The van der Waals surface area contributed by atoms with Gasteiger partial charge in [0, 0.05) is 13.5 Å². The van der Waals surface area contributed by atoms with E-state index in [-0.39, 0.29) is 19.4 Å². The quantitative estimate of drug-likeness (QED) is 0.478. The van der Waals surface area contributed by atoms with E-state index in [1.807, 2.05) is 0 Å². The number of aliphatic hydroxyl groups is 1. The van der Waals surface area contributed by atoms with Gasteiger partial charge in [-0.3, -0.25) is 4.79 Å². The highest BCUT2D eigenvalue weighted by Crippen LogP contribution is 2.11. The Morgan fingerprint density at radius 3 is 2.26 bits per heavy atom. The first-order valence-corrected chi connectivity index (χ1v) is 5.78. The van der Waals surface area contributed by atoms with Crippen LogP contribution in [0.15, 0.2) is 0 Å². The molecule has 0 fully saturated rings. The normalized spacial score (nSPS) is 12.6. The van der Waals surface area contributed by atoms with Gasteiger partial charge in [0.1, 0.15) is 6.04 Å². The van der Waals surface area contributed by atoms with E-state index in [4.69, 9.17) is 15.9 Å². The number of primary amides is 1. The SMILES string of the molecule is CN(C(=O)N[C@@H](CCC(N)=O)C(=O)O)C(C)(C)CO. The van der Waals surface area contributed by atoms with E-state index in [1.165, 1.54) is 11.9 Å². The molecule has 0 spiro atoms. The molecule has 8 heteroatoms. The lowest BCUT2D eigenvalue weighted by atomic mass is 10.1. The number of rotatable bonds is 7. The Morgan fingerprint density at radius 2 is 1.89 bits per heavy atom. The molecule has 0 aliphatic heterocycles. The highest BCUT2D eigenvalue weighted by molar-refractivity contribution is 5.83. The molecule has 3 amide bonds. The van der Waals surface area contributed by atoms with Crippen molar-refractivity contribution in [2.75, 3.05) is 13.7 Å². The zero-order valence-corrected chi connectivity index (χ0v) is 11.3. The zero-order chi connectivity index (χ0) is 15.2. The zero-order valence-electron chi connectivity index (χ0n) is 11.3. The van der Waals surface area contributed by atoms with Crippen molar-refractivity contribution in [2.24, 2.45) is 5.73 Å². The molecule has 110 valence electrons. The first kappa shape index (κ1) is 17.2. The van der Waals surface area contributed by atoms with Gasteiger partial charge < -0.3 is 26.2 Å². The molecule has 0 radical (unpaired) electrons.